The van der Waals surface area contributed by atoms with Crippen molar-refractivity contribution in [3.05, 3.63) is 57.8 Å². The minimum absolute atomic E-state index is 0.0881. The molecule has 1 unspecified atom stereocenters. The standard InChI is InChI=1S/C25H26F3N5O5S/c26-25(27,28)20-13-19(6-7-21(20)33(35)36)37-17-2-4-18(5-3-17)38-24(39)23(34)32-11-9-31(10-12-32)22-8-1-16(14-29)15-30-22/h1,6-8,13,15,17-18,24,39H,2-5,9-12H2. The number of piperazine rings is 1. The van der Waals surface area contributed by atoms with Crippen molar-refractivity contribution < 1.29 is 32.4 Å². The number of nitriles is 1. The first-order chi connectivity index (χ1) is 18.5. The molecule has 0 spiro atoms. The number of hydrogen-bond acceptors (Lipinski definition) is 9. The van der Waals surface area contributed by atoms with Gasteiger partial charge in [-0.2, -0.15) is 18.4 Å². The second-order valence-corrected chi connectivity index (χ2v) is 9.74. The van der Waals surface area contributed by atoms with Gasteiger partial charge in [-0.15, -0.1) is 12.6 Å². The monoisotopic (exact) mass is 565 g/mol. The molecular formula is C25H26F3N5O5S. The molecular weight excluding hydrogens is 539 g/mol. The predicted molar refractivity (Wildman–Crippen MR) is 136 cm³/mol. The fourth-order valence-electron chi connectivity index (χ4n) is 4.65. The van der Waals surface area contributed by atoms with Gasteiger partial charge in [0, 0.05) is 38.4 Å². The van der Waals surface area contributed by atoms with E-state index in [0.717, 1.165) is 18.0 Å². The van der Waals surface area contributed by atoms with Gasteiger partial charge in [0.25, 0.3) is 11.6 Å². The Hall–Kier alpha value is -3.57. The van der Waals surface area contributed by atoms with Gasteiger partial charge in [0.05, 0.1) is 22.7 Å². The Kier molecular flexibility index (Phi) is 8.81. The Morgan fingerprint density at radius 1 is 1.13 bits per heavy atom. The first-order valence-electron chi connectivity index (χ1n) is 12.3. The van der Waals surface area contributed by atoms with Crippen molar-refractivity contribution in [3.63, 3.8) is 0 Å². The number of carbonyl (C=O) groups is 1. The van der Waals surface area contributed by atoms with Crippen LogP contribution in [0.3, 0.4) is 0 Å². The van der Waals surface area contributed by atoms with E-state index in [1.54, 1.807) is 17.0 Å². The first-order valence-corrected chi connectivity index (χ1v) is 12.8. The number of aromatic nitrogens is 1. The Morgan fingerprint density at radius 3 is 2.36 bits per heavy atom. The summed E-state index contributed by atoms with van der Waals surface area (Å²) in [6.45, 7) is 2.09. The maximum atomic E-state index is 13.2. The highest BCUT2D eigenvalue weighted by Gasteiger charge is 2.39. The van der Waals surface area contributed by atoms with E-state index in [0.29, 0.717) is 63.5 Å². The molecule has 2 fully saturated rings. The first kappa shape index (κ1) is 28.4. The summed E-state index contributed by atoms with van der Waals surface area (Å²) < 4.78 is 51.3. The van der Waals surface area contributed by atoms with Crippen LogP contribution in [0, 0.1) is 21.4 Å². The molecule has 4 rings (SSSR count). The van der Waals surface area contributed by atoms with Crippen molar-refractivity contribution in [2.75, 3.05) is 31.1 Å². The summed E-state index contributed by atoms with van der Waals surface area (Å²) in [5, 5.41) is 19.8. The van der Waals surface area contributed by atoms with E-state index in [4.69, 9.17) is 14.7 Å². The van der Waals surface area contributed by atoms with Crippen molar-refractivity contribution in [2.45, 2.75) is 49.5 Å². The number of nitro benzene ring substituents is 1. The smallest absolute Gasteiger partial charge is 0.423 e. The van der Waals surface area contributed by atoms with E-state index in [9.17, 15) is 28.1 Å². The number of amides is 1. The van der Waals surface area contributed by atoms with E-state index >= 15 is 0 Å². The maximum Gasteiger partial charge on any atom is 0.423 e. The minimum atomic E-state index is -4.88. The molecule has 1 aliphatic carbocycles. The highest BCUT2D eigenvalue weighted by atomic mass is 32.1. The normalized spacial score (nSPS) is 20.7. The summed E-state index contributed by atoms with van der Waals surface area (Å²) in [7, 11) is 0. The number of pyridine rings is 1. The molecule has 2 aliphatic rings. The average molecular weight is 566 g/mol. The van der Waals surface area contributed by atoms with Crippen LogP contribution >= 0.6 is 12.6 Å². The molecule has 1 saturated carbocycles. The third-order valence-electron chi connectivity index (χ3n) is 6.72. The molecule has 1 aliphatic heterocycles. The summed E-state index contributed by atoms with van der Waals surface area (Å²) in [6, 6.07) is 8.11. The summed E-state index contributed by atoms with van der Waals surface area (Å²) >= 11 is 4.36. The molecule has 2 aromatic rings. The molecule has 14 heteroatoms. The zero-order valence-corrected chi connectivity index (χ0v) is 21.6. The molecule has 1 aromatic carbocycles. The van der Waals surface area contributed by atoms with Crippen LogP contribution < -0.4 is 9.64 Å². The van der Waals surface area contributed by atoms with Crippen LogP contribution in [0.15, 0.2) is 36.5 Å². The van der Waals surface area contributed by atoms with Crippen molar-refractivity contribution >= 4 is 30.0 Å². The van der Waals surface area contributed by atoms with Gasteiger partial charge < -0.3 is 19.3 Å². The van der Waals surface area contributed by atoms with Crippen LogP contribution in [0.5, 0.6) is 5.75 Å². The van der Waals surface area contributed by atoms with Crippen molar-refractivity contribution in [1.82, 2.24) is 9.88 Å². The van der Waals surface area contributed by atoms with Gasteiger partial charge >= 0.3 is 6.18 Å². The number of anilines is 1. The Labute approximate surface area is 227 Å². The van der Waals surface area contributed by atoms with Crippen LogP contribution in [0.1, 0.15) is 36.8 Å². The summed E-state index contributed by atoms with van der Waals surface area (Å²) in [6.07, 6.45) is -2.02. The summed E-state index contributed by atoms with van der Waals surface area (Å²) in [4.78, 5) is 30.7. The van der Waals surface area contributed by atoms with Gasteiger partial charge in [0.15, 0.2) is 5.44 Å². The molecule has 1 atom stereocenters. The number of halogens is 3. The zero-order chi connectivity index (χ0) is 28.2. The van der Waals surface area contributed by atoms with Crippen molar-refractivity contribution in [1.29, 1.82) is 5.26 Å². The van der Waals surface area contributed by atoms with E-state index < -0.39 is 27.8 Å². The number of ether oxygens (including phenoxy) is 2. The number of thiol groups is 1. The van der Waals surface area contributed by atoms with Gasteiger partial charge in [-0.3, -0.25) is 14.9 Å². The van der Waals surface area contributed by atoms with Crippen molar-refractivity contribution in [3.8, 4) is 11.8 Å². The van der Waals surface area contributed by atoms with Crippen LogP contribution in [0.25, 0.3) is 0 Å². The van der Waals surface area contributed by atoms with E-state index in [1.165, 1.54) is 6.20 Å². The van der Waals surface area contributed by atoms with Gasteiger partial charge in [-0.1, -0.05) is 0 Å². The van der Waals surface area contributed by atoms with Crippen molar-refractivity contribution in [2.24, 2.45) is 0 Å². The van der Waals surface area contributed by atoms with Crippen LogP contribution in [-0.4, -0.2) is 64.5 Å². The third kappa shape index (κ3) is 7.10. The molecule has 1 aromatic heterocycles. The van der Waals surface area contributed by atoms with E-state index in [2.05, 4.69) is 17.6 Å². The summed E-state index contributed by atoms with van der Waals surface area (Å²) in [5.41, 5.74) is -2.85. The van der Waals surface area contributed by atoms with E-state index in [-0.39, 0.29) is 23.9 Å². The largest absolute Gasteiger partial charge is 0.490 e. The SMILES string of the molecule is N#Cc1ccc(N2CCN(C(=O)C(S)OC3CCC(Oc4ccc([N+](=O)[O-])c(C(F)(F)F)c4)CC3)CC2)nc1. The highest BCUT2D eigenvalue weighted by Crippen LogP contribution is 2.39. The van der Waals surface area contributed by atoms with Crippen LogP contribution in [-0.2, 0) is 15.7 Å². The number of carbonyl (C=O) groups excluding carboxylic acids is 1. The van der Waals surface area contributed by atoms with Gasteiger partial charge in [0.1, 0.15) is 23.2 Å². The molecule has 1 amide bonds. The molecule has 1 saturated heterocycles. The fourth-order valence-corrected chi connectivity index (χ4v) is 4.98. The Morgan fingerprint density at radius 2 is 1.79 bits per heavy atom. The lowest BCUT2D eigenvalue weighted by molar-refractivity contribution is -0.388. The molecule has 208 valence electrons. The maximum absolute atomic E-state index is 13.2. The van der Waals surface area contributed by atoms with Crippen LogP contribution in [0.2, 0.25) is 0 Å². The van der Waals surface area contributed by atoms with Gasteiger partial charge in [0.2, 0.25) is 0 Å². The third-order valence-corrected chi connectivity index (χ3v) is 7.06. The second kappa shape index (κ2) is 12.1. The number of rotatable bonds is 7. The predicted octanol–water partition coefficient (Wildman–Crippen LogP) is 4.19. The lowest BCUT2D eigenvalue weighted by atomic mass is 9.95. The van der Waals surface area contributed by atoms with Gasteiger partial charge in [-0.25, -0.2) is 4.98 Å². The Balaban J connectivity index is 1.23. The minimum Gasteiger partial charge on any atom is -0.490 e. The Bertz CT molecular complexity index is 1220. The quantitative estimate of drug-likeness (QED) is 0.230. The highest BCUT2D eigenvalue weighted by molar-refractivity contribution is 7.81. The lowest BCUT2D eigenvalue weighted by Crippen LogP contribution is -2.51. The zero-order valence-electron chi connectivity index (χ0n) is 20.7. The topological polar surface area (TPSA) is 122 Å². The molecule has 0 N–H and O–H groups in total. The van der Waals surface area contributed by atoms with E-state index in [1.807, 2.05) is 11.0 Å². The number of nitro groups is 1. The number of benzene rings is 1. The number of nitrogens with zero attached hydrogens (tertiary/aromatic N) is 5. The van der Waals surface area contributed by atoms with Crippen LogP contribution in [0.4, 0.5) is 24.7 Å². The molecule has 0 radical (unpaired) electrons. The summed E-state index contributed by atoms with van der Waals surface area (Å²) in [5.74, 6) is 0.409. The molecule has 2 heterocycles. The molecule has 0 bridgehead atoms. The lowest BCUT2D eigenvalue weighted by Gasteiger charge is -2.37. The second-order valence-electron chi connectivity index (χ2n) is 9.27. The average Bonchev–Trinajstić information content (AvgIpc) is 2.93. The number of alkyl halides is 3. The van der Waals surface area contributed by atoms with Gasteiger partial charge in [-0.05, 0) is 49.9 Å². The molecule has 39 heavy (non-hydrogen) atoms. The molecule has 10 nitrogen and oxygen atoms in total. The fraction of sp³-hybridized carbons (Fsp3) is 0.480. The number of hydrogen-bond donors (Lipinski definition) is 1.